The Labute approximate surface area is 96.8 Å². The molecule has 2 rings (SSSR count). The van der Waals surface area contributed by atoms with Gasteiger partial charge in [0.05, 0.1) is 6.04 Å². The highest BCUT2D eigenvalue weighted by molar-refractivity contribution is 5.87. The van der Waals surface area contributed by atoms with Crippen LogP contribution in [-0.2, 0) is 4.79 Å². The summed E-state index contributed by atoms with van der Waals surface area (Å²) >= 11 is 0. The van der Waals surface area contributed by atoms with Gasteiger partial charge in [-0.2, -0.15) is 0 Å². The lowest BCUT2D eigenvalue weighted by atomic mass is 9.82. The second-order valence-electron chi connectivity index (χ2n) is 4.63. The third-order valence-electron chi connectivity index (χ3n) is 3.47. The van der Waals surface area contributed by atoms with E-state index in [0.717, 1.165) is 18.4 Å². The second kappa shape index (κ2) is 5.26. The summed E-state index contributed by atoms with van der Waals surface area (Å²) in [5.41, 5.74) is 6.96. The molecule has 0 radical (unpaired) electrons. The summed E-state index contributed by atoms with van der Waals surface area (Å²) in [6, 6.07) is 9.26. The number of Topliss-reactive ketones (excluding diaryl/α,β-unsaturated/α-hetero) is 1. The number of carbonyl (C=O) groups excluding carboxylic acids is 1. The van der Waals surface area contributed by atoms with Crippen LogP contribution in [0, 0.1) is 5.92 Å². The SMILES string of the molecule is NC(C(=O)C1CCCCC1)c1ccccc1. The zero-order valence-electron chi connectivity index (χ0n) is 9.56. The molecule has 1 atom stereocenters. The summed E-state index contributed by atoms with van der Waals surface area (Å²) in [6.07, 6.45) is 5.68. The van der Waals surface area contributed by atoms with Crippen molar-refractivity contribution in [1.29, 1.82) is 0 Å². The third-order valence-corrected chi connectivity index (χ3v) is 3.47. The van der Waals surface area contributed by atoms with Crippen LogP contribution in [0.25, 0.3) is 0 Å². The predicted octanol–water partition coefficient (Wildman–Crippen LogP) is 2.84. The molecule has 0 bridgehead atoms. The maximum atomic E-state index is 12.2. The molecule has 0 heterocycles. The number of hydrogen-bond acceptors (Lipinski definition) is 2. The van der Waals surface area contributed by atoms with Gasteiger partial charge in [-0.3, -0.25) is 4.79 Å². The van der Waals surface area contributed by atoms with Crippen molar-refractivity contribution < 1.29 is 4.79 Å². The molecular formula is C14H19NO. The zero-order chi connectivity index (χ0) is 11.4. The molecule has 86 valence electrons. The topological polar surface area (TPSA) is 43.1 Å². The molecule has 2 heteroatoms. The molecule has 1 aromatic rings. The highest BCUT2D eigenvalue weighted by Gasteiger charge is 2.26. The number of ketones is 1. The van der Waals surface area contributed by atoms with E-state index in [-0.39, 0.29) is 11.7 Å². The van der Waals surface area contributed by atoms with Crippen molar-refractivity contribution in [2.24, 2.45) is 11.7 Å². The van der Waals surface area contributed by atoms with Crippen LogP contribution in [0.5, 0.6) is 0 Å². The summed E-state index contributed by atoms with van der Waals surface area (Å²) in [7, 11) is 0. The maximum absolute atomic E-state index is 12.2. The Balaban J connectivity index is 2.04. The summed E-state index contributed by atoms with van der Waals surface area (Å²) in [5.74, 6) is 0.426. The van der Waals surface area contributed by atoms with Crippen LogP contribution in [-0.4, -0.2) is 5.78 Å². The lowest BCUT2D eigenvalue weighted by Crippen LogP contribution is -2.29. The van der Waals surface area contributed by atoms with Crippen LogP contribution in [0.1, 0.15) is 43.7 Å². The second-order valence-corrected chi connectivity index (χ2v) is 4.63. The van der Waals surface area contributed by atoms with Gasteiger partial charge in [0.1, 0.15) is 0 Å². The van der Waals surface area contributed by atoms with Crippen LogP contribution in [0.4, 0.5) is 0 Å². The van der Waals surface area contributed by atoms with E-state index < -0.39 is 6.04 Å². The van der Waals surface area contributed by atoms with Gasteiger partial charge in [-0.15, -0.1) is 0 Å². The van der Waals surface area contributed by atoms with E-state index in [1.54, 1.807) is 0 Å². The third kappa shape index (κ3) is 2.50. The molecule has 1 unspecified atom stereocenters. The van der Waals surface area contributed by atoms with Crippen LogP contribution >= 0.6 is 0 Å². The fourth-order valence-corrected chi connectivity index (χ4v) is 2.47. The molecule has 1 saturated carbocycles. The van der Waals surface area contributed by atoms with Gasteiger partial charge in [-0.25, -0.2) is 0 Å². The molecule has 1 aliphatic rings. The van der Waals surface area contributed by atoms with E-state index in [1.165, 1.54) is 19.3 Å². The molecule has 0 saturated heterocycles. The first-order valence-electron chi connectivity index (χ1n) is 6.13. The van der Waals surface area contributed by atoms with Crippen LogP contribution < -0.4 is 5.73 Å². The minimum atomic E-state index is -0.427. The zero-order valence-corrected chi connectivity index (χ0v) is 9.56. The van der Waals surface area contributed by atoms with Crippen molar-refractivity contribution >= 4 is 5.78 Å². The van der Waals surface area contributed by atoms with E-state index in [2.05, 4.69) is 0 Å². The lowest BCUT2D eigenvalue weighted by molar-refractivity contribution is -0.125. The molecular weight excluding hydrogens is 198 g/mol. The largest absolute Gasteiger partial charge is 0.318 e. The summed E-state index contributed by atoms with van der Waals surface area (Å²) < 4.78 is 0. The van der Waals surface area contributed by atoms with Gasteiger partial charge >= 0.3 is 0 Å². The Kier molecular flexibility index (Phi) is 3.73. The minimum Gasteiger partial charge on any atom is -0.318 e. The Morgan fingerprint density at radius 3 is 2.38 bits per heavy atom. The van der Waals surface area contributed by atoms with Crippen LogP contribution in [0.2, 0.25) is 0 Å². The first-order valence-corrected chi connectivity index (χ1v) is 6.13. The summed E-state index contributed by atoms with van der Waals surface area (Å²) in [5, 5.41) is 0. The van der Waals surface area contributed by atoms with Crippen LogP contribution in [0.15, 0.2) is 30.3 Å². The number of hydrogen-bond donors (Lipinski definition) is 1. The van der Waals surface area contributed by atoms with Gasteiger partial charge in [-0.1, -0.05) is 49.6 Å². The van der Waals surface area contributed by atoms with Crippen molar-refractivity contribution in [2.75, 3.05) is 0 Å². The lowest BCUT2D eigenvalue weighted by Gasteiger charge is -2.23. The standard InChI is InChI=1S/C14H19NO/c15-13(11-7-3-1-4-8-11)14(16)12-9-5-2-6-10-12/h1,3-4,7-8,12-13H,2,5-6,9-10,15H2. The monoisotopic (exact) mass is 217 g/mol. The minimum absolute atomic E-state index is 0.198. The molecule has 2 N–H and O–H groups in total. The van der Waals surface area contributed by atoms with E-state index >= 15 is 0 Å². The van der Waals surface area contributed by atoms with E-state index in [9.17, 15) is 4.79 Å². The normalized spacial score (nSPS) is 19.3. The van der Waals surface area contributed by atoms with Crippen molar-refractivity contribution in [3.8, 4) is 0 Å². The predicted molar refractivity (Wildman–Crippen MR) is 65.0 cm³/mol. The molecule has 16 heavy (non-hydrogen) atoms. The quantitative estimate of drug-likeness (QED) is 0.846. The Bertz CT molecular complexity index is 341. The number of carbonyl (C=O) groups is 1. The number of nitrogens with two attached hydrogens (primary N) is 1. The highest BCUT2D eigenvalue weighted by Crippen LogP contribution is 2.28. The van der Waals surface area contributed by atoms with Gasteiger partial charge < -0.3 is 5.73 Å². The van der Waals surface area contributed by atoms with Crippen molar-refractivity contribution in [2.45, 2.75) is 38.1 Å². The van der Waals surface area contributed by atoms with Gasteiger partial charge in [0.15, 0.2) is 5.78 Å². The van der Waals surface area contributed by atoms with Crippen LogP contribution in [0.3, 0.4) is 0 Å². The van der Waals surface area contributed by atoms with E-state index in [4.69, 9.17) is 5.73 Å². The van der Waals surface area contributed by atoms with Gasteiger partial charge in [-0.05, 0) is 18.4 Å². The average molecular weight is 217 g/mol. The molecule has 1 aliphatic carbocycles. The first-order chi connectivity index (χ1) is 7.79. The molecule has 0 aliphatic heterocycles. The van der Waals surface area contributed by atoms with E-state index in [1.807, 2.05) is 30.3 Å². The maximum Gasteiger partial charge on any atom is 0.157 e. The molecule has 1 fully saturated rings. The highest BCUT2D eigenvalue weighted by atomic mass is 16.1. The first kappa shape index (κ1) is 11.3. The van der Waals surface area contributed by atoms with Gasteiger partial charge in [0, 0.05) is 5.92 Å². The number of rotatable bonds is 3. The summed E-state index contributed by atoms with van der Waals surface area (Å²) in [6.45, 7) is 0. The summed E-state index contributed by atoms with van der Waals surface area (Å²) in [4.78, 5) is 12.2. The fourth-order valence-electron chi connectivity index (χ4n) is 2.47. The molecule has 0 amide bonds. The number of benzene rings is 1. The van der Waals surface area contributed by atoms with Gasteiger partial charge in [0.2, 0.25) is 0 Å². The Morgan fingerprint density at radius 2 is 1.75 bits per heavy atom. The van der Waals surface area contributed by atoms with Crippen molar-refractivity contribution in [3.05, 3.63) is 35.9 Å². The Morgan fingerprint density at radius 1 is 1.12 bits per heavy atom. The molecule has 0 spiro atoms. The molecule has 2 nitrogen and oxygen atoms in total. The smallest absolute Gasteiger partial charge is 0.157 e. The van der Waals surface area contributed by atoms with Crippen molar-refractivity contribution in [3.63, 3.8) is 0 Å². The Hall–Kier alpha value is -1.15. The molecule has 1 aromatic carbocycles. The average Bonchev–Trinajstić information content (AvgIpc) is 2.39. The van der Waals surface area contributed by atoms with Crippen molar-refractivity contribution in [1.82, 2.24) is 0 Å². The molecule has 0 aromatic heterocycles. The van der Waals surface area contributed by atoms with Gasteiger partial charge in [0.25, 0.3) is 0 Å². The van der Waals surface area contributed by atoms with E-state index in [0.29, 0.717) is 0 Å². The fraction of sp³-hybridized carbons (Fsp3) is 0.500.